The largest absolute Gasteiger partial charge is 0.457 e. The molecular formula is C23H21F2N5O2. The minimum atomic E-state index is -2.67. The average Bonchev–Trinajstić information content (AvgIpc) is 2.77. The molecule has 0 atom stereocenters. The highest BCUT2D eigenvalue weighted by atomic mass is 19.3. The van der Waals surface area contributed by atoms with Crippen LogP contribution in [0, 0.1) is 0 Å². The zero-order chi connectivity index (χ0) is 22.8. The van der Waals surface area contributed by atoms with Crippen molar-refractivity contribution in [1.29, 1.82) is 0 Å². The van der Waals surface area contributed by atoms with Crippen molar-refractivity contribution in [3.8, 4) is 22.8 Å². The van der Waals surface area contributed by atoms with Crippen molar-refractivity contribution in [3.63, 3.8) is 0 Å². The maximum Gasteiger partial charge on any atom is 0.280 e. The summed E-state index contributed by atoms with van der Waals surface area (Å²) < 4.78 is 32.8. The van der Waals surface area contributed by atoms with Crippen LogP contribution in [0.15, 0.2) is 59.7 Å². The quantitative estimate of drug-likeness (QED) is 0.460. The highest BCUT2D eigenvalue weighted by Crippen LogP contribution is 2.28. The number of nitrogens with zero attached hydrogens (tertiary/aromatic N) is 4. The number of hydrogen-bond acceptors (Lipinski definition) is 6. The van der Waals surface area contributed by atoms with Gasteiger partial charge in [-0.05, 0) is 44.2 Å². The molecule has 0 bridgehead atoms. The first-order valence-electron chi connectivity index (χ1n) is 9.97. The van der Waals surface area contributed by atoms with Crippen molar-refractivity contribution in [1.82, 2.24) is 19.5 Å². The fraction of sp³-hybridized carbons (Fsp3) is 0.217. The molecule has 0 aliphatic carbocycles. The lowest BCUT2D eigenvalue weighted by Gasteiger charge is -2.13. The van der Waals surface area contributed by atoms with Gasteiger partial charge in [0, 0.05) is 36.9 Å². The molecule has 0 aliphatic rings. The summed E-state index contributed by atoms with van der Waals surface area (Å²) in [6, 6.07) is 11.6. The predicted molar refractivity (Wildman–Crippen MR) is 118 cm³/mol. The van der Waals surface area contributed by atoms with Crippen LogP contribution in [0.3, 0.4) is 0 Å². The van der Waals surface area contributed by atoms with Gasteiger partial charge >= 0.3 is 0 Å². The number of aromatic nitrogens is 4. The second-order valence-corrected chi connectivity index (χ2v) is 7.53. The zero-order valence-electron chi connectivity index (χ0n) is 17.7. The molecule has 1 aromatic carbocycles. The first kappa shape index (κ1) is 21.4. The Morgan fingerprint density at radius 3 is 2.56 bits per heavy atom. The normalized spacial score (nSPS) is 11.3. The number of rotatable bonds is 6. The molecule has 0 saturated carbocycles. The van der Waals surface area contributed by atoms with Crippen LogP contribution < -0.4 is 15.6 Å². The Balaban J connectivity index is 1.63. The maximum atomic E-state index is 12.8. The number of anilines is 1. The summed E-state index contributed by atoms with van der Waals surface area (Å²) in [5.41, 5.74) is 0.998. The van der Waals surface area contributed by atoms with Crippen LogP contribution in [-0.4, -0.2) is 25.6 Å². The topological polar surface area (TPSA) is 81.9 Å². The Morgan fingerprint density at radius 1 is 1.03 bits per heavy atom. The van der Waals surface area contributed by atoms with E-state index in [1.165, 1.54) is 29.1 Å². The van der Waals surface area contributed by atoms with Gasteiger partial charge in [0.1, 0.15) is 17.2 Å². The number of benzene rings is 1. The van der Waals surface area contributed by atoms with Gasteiger partial charge in [-0.1, -0.05) is 6.07 Å². The third kappa shape index (κ3) is 4.41. The summed E-state index contributed by atoms with van der Waals surface area (Å²) in [4.78, 5) is 25.4. The zero-order valence-corrected chi connectivity index (χ0v) is 17.7. The lowest BCUT2D eigenvalue weighted by atomic mass is 10.1. The number of ether oxygens (including phenoxy) is 1. The van der Waals surface area contributed by atoms with Gasteiger partial charge in [0.05, 0.1) is 16.8 Å². The van der Waals surface area contributed by atoms with Crippen molar-refractivity contribution < 1.29 is 13.5 Å². The number of hydrogen-bond donors (Lipinski definition) is 1. The monoisotopic (exact) mass is 437 g/mol. The molecule has 0 saturated heterocycles. The molecule has 0 radical (unpaired) electrons. The molecule has 3 aromatic heterocycles. The smallest absolute Gasteiger partial charge is 0.280 e. The van der Waals surface area contributed by atoms with E-state index in [4.69, 9.17) is 4.74 Å². The van der Waals surface area contributed by atoms with E-state index in [-0.39, 0.29) is 23.0 Å². The van der Waals surface area contributed by atoms with E-state index in [9.17, 15) is 13.6 Å². The first-order valence-corrected chi connectivity index (χ1v) is 9.97. The van der Waals surface area contributed by atoms with E-state index in [2.05, 4.69) is 20.3 Å². The van der Waals surface area contributed by atoms with Crippen molar-refractivity contribution in [2.75, 3.05) is 5.32 Å². The second kappa shape index (κ2) is 8.70. The fourth-order valence-corrected chi connectivity index (χ4v) is 3.18. The molecule has 4 rings (SSSR count). The Bertz CT molecular complexity index is 1340. The summed E-state index contributed by atoms with van der Waals surface area (Å²) in [5.74, 6) is 1.23. The van der Waals surface area contributed by atoms with E-state index in [1.807, 2.05) is 19.9 Å². The lowest BCUT2D eigenvalue weighted by Crippen LogP contribution is -2.25. The molecule has 164 valence electrons. The summed E-state index contributed by atoms with van der Waals surface area (Å²) >= 11 is 0. The van der Waals surface area contributed by atoms with Gasteiger partial charge in [0.15, 0.2) is 0 Å². The van der Waals surface area contributed by atoms with Gasteiger partial charge in [-0.25, -0.2) is 18.7 Å². The van der Waals surface area contributed by atoms with Crippen LogP contribution in [0.4, 0.5) is 14.7 Å². The predicted octanol–water partition coefficient (Wildman–Crippen LogP) is 4.94. The molecule has 0 spiro atoms. The Hall–Kier alpha value is -3.88. The van der Waals surface area contributed by atoms with Gasteiger partial charge in [-0.2, -0.15) is 0 Å². The maximum absolute atomic E-state index is 12.8. The van der Waals surface area contributed by atoms with E-state index in [0.717, 1.165) is 5.39 Å². The SMILES string of the molecule is CC(C)Nc1ncc(-c2ccc3cc(Oc4ccnc(C(F)F)c4)ccc3n2)c(=O)n1C. The van der Waals surface area contributed by atoms with Crippen LogP contribution in [0.25, 0.3) is 22.2 Å². The van der Waals surface area contributed by atoms with Gasteiger partial charge in [0.2, 0.25) is 5.95 Å². The molecule has 0 unspecified atom stereocenters. The molecule has 9 heteroatoms. The molecular weight excluding hydrogens is 416 g/mol. The third-order valence-electron chi connectivity index (χ3n) is 4.73. The molecule has 0 aliphatic heterocycles. The molecule has 7 nitrogen and oxygen atoms in total. The molecule has 0 amide bonds. The summed E-state index contributed by atoms with van der Waals surface area (Å²) in [5, 5.41) is 3.91. The molecule has 3 heterocycles. The number of halogens is 2. The van der Waals surface area contributed by atoms with Crippen molar-refractivity contribution >= 4 is 16.9 Å². The molecule has 0 fully saturated rings. The molecule has 32 heavy (non-hydrogen) atoms. The van der Waals surface area contributed by atoms with Gasteiger partial charge in [-0.15, -0.1) is 0 Å². The summed E-state index contributed by atoms with van der Waals surface area (Å²) in [6.45, 7) is 3.94. The number of alkyl halides is 2. The van der Waals surface area contributed by atoms with Crippen molar-refractivity contribution in [2.45, 2.75) is 26.3 Å². The summed E-state index contributed by atoms with van der Waals surface area (Å²) in [6.07, 6.45) is 0.125. The van der Waals surface area contributed by atoms with Crippen molar-refractivity contribution in [3.05, 3.63) is 70.9 Å². The molecule has 4 aromatic rings. The standard InChI is InChI=1S/C23H21F2N5O2/c1-13(2)28-23-27-12-17(22(31)30(23)3)19-6-4-14-10-15(5-7-18(14)29-19)32-16-8-9-26-20(11-16)21(24)25/h4-13,21H,1-3H3,(H,27,28). The van der Waals surface area contributed by atoms with Gasteiger partial charge in [-0.3, -0.25) is 14.3 Å². The summed E-state index contributed by atoms with van der Waals surface area (Å²) in [7, 11) is 1.66. The Kier molecular flexibility index (Phi) is 5.81. The second-order valence-electron chi connectivity index (χ2n) is 7.53. The van der Waals surface area contributed by atoms with Gasteiger partial charge in [0.25, 0.3) is 12.0 Å². The average molecular weight is 437 g/mol. The van der Waals surface area contributed by atoms with Crippen LogP contribution in [0.2, 0.25) is 0 Å². The minimum Gasteiger partial charge on any atom is -0.457 e. The van der Waals surface area contributed by atoms with Gasteiger partial charge < -0.3 is 10.1 Å². The number of nitrogens with one attached hydrogen (secondary N) is 1. The van der Waals surface area contributed by atoms with E-state index < -0.39 is 6.43 Å². The molecule has 1 N–H and O–H groups in total. The number of fused-ring (bicyclic) bond motifs is 1. The van der Waals surface area contributed by atoms with E-state index in [1.54, 1.807) is 31.3 Å². The Labute approximate surface area is 182 Å². The highest BCUT2D eigenvalue weighted by Gasteiger charge is 2.13. The van der Waals surface area contributed by atoms with Crippen LogP contribution in [-0.2, 0) is 7.05 Å². The lowest BCUT2D eigenvalue weighted by molar-refractivity contribution is 0.145. The third-order valence-corrected chi connectivity index (χ3v) is 4.73. The minimum absolute atomic E-state index is 0.142. The highest BCUT2D eigenvalue weighted by molar-refractivity contribution is 5.82. The van der Waals surface area contributed by atoms with Crippen LogP contribution >= 0.6 is 0 Å². The van der Waals surface area contributed by atoms with Crippen LogP contribution in [0.1, 0.15) is 26.0 Å². The number of pyridine rings is 2. The van der Waals surface area contributed by atoms with Crippen LogP contribution in [0.5, 0.6) is 11.5 Å². The Morgan fingerprint density at radius 2 is 1.81 bits per heavy atom. The van der Waals surface area contributed by atoms with E-state index in [0.29, 0.717) is 28.5 Å². The van der Waals surface area contributed by atoms with Crippen molar-refractivity contribution in [2.24, 2.45) is 7.05 Å². The van der Waals surface area contributed by atoms with E-state index >= 15 is 0 Å². The fourth-order valence-electron chi connectivity index (χ4n) is 3.18. The first-order chi connectivity index (χ1) is 15.3.